The van der Waals surface area contributed by atoms with Gasteiger partial charge in [0.2, 0.25) is 11.8 Å². The highest BCUT2D eigenvalue weighted by atomic mass is 16.5. The number of nitrogens with zero attached hydrogens (tertiary/aromatic N) is 2. The first-order valence-corrected chi connectivity index (χ1v) is 5.44. The molecular formula is C10H14N4O2. The molecule has 1 amide bonds. The van der Waals surface area contributed by atoms with Gasteiger partial charge in [-0.3, -0.25) is 4.79 Å². The van der Waals surface area contributed by atoms with Gasteiger partial charge in [0.1, 0.15) is 0 Å². The van der Waals surface area contributed by atoms with Gasteiger partial charge in [-0.1, -0.05) is 5.16 Å². The van der Waals surface area contributed by atoms with E-state index in [0.717, 1.165) is 19.3 Å². The van der Waals surface area contributed by atoms with Gasteiger partial charge in [0.05, 0.1) is 6.04 Å². The lowest BCUT2D eigenvalue weighted by Crippen LogP contribution is -2.38. The number of hydrogen-bond donors (Lipinski definition) is 2. The Morgan fingerprint density at radius 2 is 2.50 bits per heavy atom. The van der Waals surface area contributed by atoms with Gasteiger partial charge >= 0.3 is 0 Å². The monoisotopic (exact) mass is 222 g/mol. The Balaban J connectivity index is 1.71. The van der Waals surface area contributed by atoms with Crippen molar-refractivity contribution < 1.29 is 9.32 Å². The second-order valence-electron chi connectivity index (χ2n) is 4.86. The van der Waals surface area contributed by atoms with E-state index in [1.807, 2.05) is 0 Å². The molecule has 3 atom stereocenters. The van der Waals surface area contributed by atoms with Gasteiger partial charge in [0.25, 0.3) is 0 Å². The average molecular weight is 222 g/mol. The van der Waals surface area contributed by atoms with E-state index in [1.165, 1.54) is 0 Å². The SMILES string of the molecule is Cc1noc(CC23CC(C(N)=O)NC2C3)n1. The topological polar surface area (TPSA) is 94.0 Å². The predicted octanol–water partition coefficient (Wildman–Crippen LogP) is -0.474. The highest BCUT2D eigenvalue weighted by molar-refractivity contribution is 5.80. The number of aryl methyl sites for hydroxylation is 1. The molecular weight excluding hydrogens is 208 g/mol. The van der Waals surface area contributed by atoms with Crippen LogP contribution in [0.5, 0.6) is 0 Å². The van der Waals surface area contributed by atoms with Crippen LogP contribution in [0.2, 0.25) is 0 Å². The lowest BCUT2D eigenvalue weighted by Gasteiger charge is -2.11. The number of carbonyl (C=O) groups excluding carboxylic acids is 1. The molecule has 0 aromatic carbocycles. The van der Waals surface area contributed by atoms with Crippen molar-refractivity contribution >= 4 is 5.91 Å². The first-order chi connectivity index (χ1) is 7.59. The maximum absolute atomic E-state index is 11.1. The molecule has 0 spiro atoms. The summed E-state index contributed by atoms with van der Waals surface area (Å²) < 4.78 is 5.11. The smallest absolute Gasteiger partial charge is 0.234 e. The van der Waals surface area contributed by atoms with E-state index in [2.05, 4.69) is 15.5 Å². The molecule has 6 nitrogen and oxygen atoms in total. The summed E-state index contributed by atoms with van der Waals surface area (Å²) in [6.45, 7) is 1.80. The summed E-state index contributed by atoms with van der Waals surface area (Å²) in [5.74, 6) is 1.04. The fourth-order valence-corrected chi connectivity index (χ4v) is 2.68. The van der Waals surface area contributed by atoms with E-state index in [-0.39, 0.29) is 17.4 Å². The van der Waals surface area contributed by atoms with Gasteiger partial charge in [-0.05, 0) is 25.2 Å². The Kier molecular flexibility index (Phi) is 1.85. The second-order valence-corrected chi connectivity index (χ2v) is 4.86. The molecule has 2 aliphatic rings. The van der Waals surface area contributed by atoms with Crippen LogP contribution >= 0.6 is 0 Å². The molecule has 0 bridgehead atoms. The number of rotatable bonds is 3. The molecule has 3 N–H and O–H groups in total. The maximum Gasteiger partial charge on any atom is 0.234 e. The van der Waals surface area contributed by atoms with Crippen LogP contribution in [-0.4, -0.2) is 28.1 Å². The minimum atomic E-state index is -0.270. The molecule has 2 fully saturated rings. The van der Waals surface area contributed by atoms with Gasteiger partial charge in [-0.25, -0.2) is 0 Å². The third-order valence-corrected chi connectivity index (χ3v) is 3.62. The molecule has 1 saturated carbocycles. The second kappa shape index (κ2) is 3.04. The Labute approximate surface area is 92.6 Å². The minimum absolute atomic E-state index is 0.124. The zero-order valence-electron chi connectivity index (χ0n) is 9.06. The van der Waals surface area contributed by atoms with Crippen LogP contribution in [0.4, 0.5) is 0 Å². The number of primary amides is 1. The van der Waals surface area contributed by atoms with E-state index < -0.39 is 0 Å². The van der Waals surface area contributed by atoms with Crippen LogP contribution in [-0.2, 0) is 11.2 Å². The summed E-state index contributed by atoms with van der Waals surface area (Å²) in [7, 11) is 0. The lowest BCUT2D eigenvalue weighted by atomic mass is 9.95. The fraction of sp³-hybridized carbons (Fsp3) is 0.700. The maximum atomic E-state index is 11.1. The minimum Gasteiger partial charge on any atom is -0.368 e. The molecule has 1 aliphatic carbocycles. The van der Waals surface area contributed by atoms with E-state index in [9.17, 15) is 4.79 Å². The fourth-order valence-electron chi connectivity index (χ4n) is 2.68. The zero-order valence-corrected chi connectivity index (χ0v) is 9.06. The zero-order chi connectivity index (χ0) is 11.3. The van der Waals surface area contributed by atoms with Crippen molar-refractivity contribution in [2.45, 2.75) is 38.3 Å². The van der Waals surface area contributed by atoms with Crippen molar-refractivity contribution in [3.8, 4) is 0 Å². The third-order valence-electron chi connectivity index (χ3n) is 3.62. The molecule has 3 rings (SSSR count). The number of nitrogens with two attached hydrogens (primary N) is 1. The summed E-state index contributed by atoms with van der Waals surface area (Å²) in [5, 5.41) is 7.00. The molecule has 1 saturated heterocycles. The van der Waals surface area contributed by atoms with Crippen molar-refractivity contribution in [3.05, 3.63) is 11.7 Å². The lowest BCUT2D eigenvalue weighted by molar-refractivity contribution is -0.120. The summed E-state index contributed by atoms with van der Waals surface area (Å²) in [5.41, 5.74) is 5.41. The van der Waals surface area contributed by atoms with Crippen molar-refractivity contribution in [1.29, 1.82) is 0 Å². The van der Waals surface area contributed by atoms with Gasteiger partial charge in [0.15, 0.2) is 5.82 Å². The standard InChI is InChI=1S/C10H14N4O2/c1-5-12-8(16-14-5)4-10-2-6(9(11)15)13-7(10)3-10/h6-7,13H,2-4H2,1H3,(H2,11,15). The highest BCUT2D eigenvalue weighted by Gasteiger charge is 2.61. The Bertz CT molecular complexity index is 444. The largest absolute Gasteiger partial charge is 0.368 e. The van der Waals surface area contributed by atoms with E-state index in [0.29, 0.717) is 17.8 Å². The summed E-state index contributed by atoms with van der Waals surface area (Å²) in [6, 6.07) is 0.194. The first kappa shape index (κ1) is 9.77. The van der Waals surface area contributed by atoms with Crippen molar-refractivity contribution in [2.75, 3.05) is 0 Å². The Hall–Kier alpha value is -1.43. The van der Waals surface area contributed by atoms with Gasteiger partial charge in [-0.2, -0.15) is 4.98 Å². The number of piperidine rings is 1. The molecule has 1 aromatic heterocycles. The molecule has 2 heterocycles. The summed E-state index contributed by atoms with van der Waals surface area (Å²) in [4.78, 5) is 15.3. The van der Waals surface area contributed by atoms with Crippen molar-refractivity contribution in [3.63, 3.8) is 0 Å². The molecule has 3 unspecified atom stereocenters. The van der Waals surface area contributed by atoms with E-state index >= 15 is 0 Å². The van der Waals surface area contributed by atoms with Crippen molar-refractivity contribution in [1.82, 2.24) is 15.5 Å². The molecule has 1 aliphatic heterocycles. The van der Waals surface area contributed by atoms with E-state index in [4.69, 9.17) is 10.3 Å². The van der Waals surface area contributed by atoms with Gasteiger partial charge in [0, 0.05) is 12.5 Å². The number of hydrogen-bond acceptors (Lipinski definition) is 5. The molecule has 6 heteroatoms. The summed E-state index contributed by atoms with van der Waals surface area (Å²) in [6.07, 6.45) is 2.60. The third kappa shape index (κ3) is 1.41. The van der Waals surface area contributed by atoms with Crippen LogP contribution in [0, 0.1) is 12.3 Å². The van der Waals surface area contributed by atoms with Crippen molar-refractivity contribution in [2.24, 2.45) is 11.1 Å². The van der Waals surface area contributed by atoms with Crippen LogP contribution in [0.25, 0.3) is 0 Å². The molecule has 0 radical (unpaired) electrons. The van der Waals surface area contributed by atoms with Gasteiger partial charge < -0.3 is 15.6 Å². The predicted molar refractivity (Wildman–Crippen MR) is 54.3 cm³/mol. The first-order valence-electron chi connectivity index (χ1n) is 5.44. The normalized spacial score (nSPS) is 36.1. The number of amides is 1. The number of carbonyl (C=O) groups is 1. The van der Waals surface area contributed by atoms with E-state index in [1.54, 1.807) is 6.92 Å². The quantitative estimate of drug-likeness (QED) is 0.720. The number of aromatic nitrogens is 2. The molecule has 1 aromatic rings. The number of nitrogens with one attached hydrogen (secondary N) is 1. The summed E-state index contributed by atoms with van der Waals surface area (Å²) >= 11 is 0. The molecule has 86 valence electrons. The number of fused-ring (bicyclic) bond motifs is 1. The van der Waals surface area contributed by atoms with Gasteiger partial charge in [-0.15, -0.1) is 0 Å². The average Bonchev–Trinajstić information content (AvgIpc) is 2.58. The van der Waals surface area contributed by atoms with Crippen LogP contribution in [0.15, 0.2) is 4.52 Å². The van der Waals surface area contributed by atoms with Crippen LogP contribution in [0.1, 0.15) is 24.6 Å². The highest BCUT2D eigenvalue weighted by Crippen LogP contribution is 2.56. The van der Waals surface area contributed by atoms with Crippen LogP contribution in [0.3, 0.4) is 0 Å². The molecule has 16 heavy (non-hydrogen) atoms. The van der Waals surface area contributed by atoms with Crippen LogP contribution < -0.4 is 11.1 Å². The Morgan fingerprint density at radius 1 is 1.69 bits per heavy atom. The Morgan fingerprint density at radius 3 is 3.06 bits per heavy atom.